The summed E-state index contributed by atoms with van der Waals surface area (Å²) in [6.45, 7) is 8.44. The second kappa shape index (κ2) is 8.74. The first-order chi connectivity index (χ1) is 16.1. The number of nitrogens with zero attached hydrogens (tertiary/aromatic N) is 3. The summed E-state index contributed by atoms with van der Waals surface area (Å²) in [6, 6.07) is 11.4. The standard InChI is InChI=1S/C26H26Cl2N4OS/c1-14-8-9-16(15(2)10-14)13-34-25-30-24-29-19-11-26(3,4)12-20(33)22(19)23(32(24)31-25)21-17(27)6-5-7-18(21)28/h5-10,23H,11-13H2,1-4H3,(H,29,30,31). The van der Waals surface area contributed by atoms with Crippen molar-refractivity contribution < 1.29 is 4.79 Å². The number of fused-ring (bicyclic) bond motifs is 1. The minimum absolute atomic E-state index is 0.0883. The van der Waals surface area contributed by atoms with Gasteiger partial charge in [0.1, 0.15) is 6.04 Å². The van der Waals surface area contributed by atoms with Gasteiger partial charge in [0.2, 0.25) is 11.1 Å². The zero-order chi connectivity index (χ0) is 24.2. The molecular formula is C26H26Cl2N4OS. The van der Waals surface area contributed by atoms with Crippen molar-refractivity contribution in [2.75, 3.05) is 5.32 Å². The minimum Gasteiger partial charge on any atom is -0.328 e. The SMILES string of the molecule is Cc1ccc(CSc2nc3n(n2)C(c2c(Cl)cccc2Cl)C2=C(CC(C)(C)CC2=O)N3)c(C)c1. The van der Waals surface area contributed by atoms with Crippen molar-refractivity contribution in [3.8, 4) is 0 Å². The normalized spacial score (nSPS) is 19.0. The van der Waals surface area contributed by atoms with E-state index in [1.54, 1.807) is 28.6 Å². The van der Waals surface area contributed by atoms with Gasteiger partial charge in [-0.3, -0.25) is 4.79 Å². The lowest BCUT2D eigenvalue weighted by Gasteiger charge is -2.38. The number of hydrogen-bond acceptors (Lipinski definition) is 5. The van der Waals surface area contributed by atoms with E-state index < -0.39 is 6.04 Å². The predicted octanol–water partition coefficient (Wildman–Crippen LogP) is 7.15. The number of aromatic nitrogens is 3. The van der Waals surface area contributed by atoms with Gasteiger partial charge in [-0.1, -0.05) is 78.6 Å². The highest BCUT2D eigenvalue weighted by Crippen LogP contribution is 2.48. The van der Waals surface area contributed by atoms with E-state index in [2.05, 4.69) is 51.2 Å². The third-order valence-electron chi connectivity index (χ3n) is 6.44. The number of benzene rings is 2. The molecule has 1 aromatic heterocycles. The lowest BCUT2D eigenvalue weighted by Crippen LogP contribution is -2.36. The van der Waals surface area contributed by atoms with Gasteiger partial charge in [-0.2, -0.15) is 4.98 Å². The van der Waals surface area contributed by atoms with Gasteiger partial charge < -0.3 is 5.32 Å². The van der Waals surface area contributed by atoms with Crippen LogP contribution in [0.2, 0.25) is 10.0 Å². The summed E-state index contributed by atoms with van der Waals surface area (Å²) in [5, 5.41) is 9.89. The number of halogens is 2. The van der Waals surface area contributed by atoms with Crippen LogP contribution in [-0.2, 0) is 10.5 Å². The Labute approximate surface area is 213 Å². The first-order valence-corrected chi connectivity index (χ1v) is 13.0. The van der Waals surface area contributed by atoms with Crippen LogP contribution in [0.1, 0.15) is 55.0 Å². The Morgan fingerprint density at radius 1 is 1.15 bits per heavy atom. The molecule has 8 heteroatoms. The molecule has 1 unspecified atom stereocenters. The van der Waals surface area contributed by atoms with E-state index in [9.17, 15) is 4.79 Å². The Kier molecular flexibility index (Phi) is 6.03. The third kappa shape index (κ3) is 4.28. The highest BCUT2D eigenvalue weighted by Gasteiger charge is 2.43. The lowest BCUT2D eigenvalue weighted by atomic mass is 9.73. The molecule has 1 atom stereocenters. The zero-order valence-corrected chi connectivity index (χ0v) is 21.9. The number of nitrogens with one attached hydrogen (secondary N) is 1. The first kappa shape index (κ1) is 23.5. The number of carbonyl (C=O) groups is 1. The van der Waals surface area contributed by atoms with E-state index >= 15 is 0 Å². The molecule has 176 valence electrons. The Morgan fingerprint density at radius 3 is 2.59 bits per heavy atom. The van der Waals surface area contributed by atoms with Gasteiger partial charge >= 0.3 is 0 Å². The average Bonchev–Trinajstić information content (AvgIpc) is 3.14. The molecule has 1 N–H and O–H groups in total. The van der Waals surface area contributed by atoms with Crippen LogP contribution in [0.4, 0.5) is 5.95 Å². The van der Waals surface area contributed by atoms with Crippen LogP contribution >= 0.6 is 35.0 Å². The van der Waals surface area contributed by atoms with Crippen molar-refractivity contribution >= 4 is 46.7 Å². The molecule has 3 aromatic rings. The van der Waals surface area contributed by atoms with Crippen molar-refractivity contribution in [1.29, 1.82) is 0 Å². The summed E-state index contributed by atoms with van der Waals surface area (Å²) in [7, 11) is 0. The van der Waals surface area contributed by atoms with Crippen LogP contribution in [0, 0.1) is 19.3 Å². The van der Waals surface area contributed by atoms with Gasteiger partial charge in [-0.05, 0) is 48.9 Å². The smallest absolute Gasteiger partial charge is 0.227 e. The second-order valence-electron chi connectivity index (χ2n) is 9.88. The summed E-state index contributed by atoms with van der Waals surface area (Å²) >= 11 is 14.8. The molecule has 0 amide bonds. The van der Waals surface area contributed by atoms with Crippen LogP contribution < -0.4 is 5.32 Å². The number of hydrogen-bond donors (Lipinski definition) is 1. The van der Waals surface area contributed by atoms with Crippen LogP contribution in [0.15, 0.2) is 52.8 Å². The molecule has 2 heterocycles. The number of aryl methyl sites for hydroxylation is 2. The van der Waals surface area contributed by atoms with Gasteiger partial charge in [0.15, 0.2) is 5.78 Å². The maximum Gasteiger partial charge on any atom is 0.227 e. The Bertz CT molecular complexity index is 1320. The molecule has 5 rings (SSSR count). The van der Waals surface area contributed by atoms with Gasteiger partial charge in [-0.25, -0.2) is 4.68 Å². The van der Waals surface area contributed by atoms with Crippen LogP contribution in [0.5, 0.6) is 0 Å². The maximum absolute atomic E-state index is 13.4. The molecule has 2 aromatic carbocycles. The largest absolute Gasteiger partial charge is 0.328 e. The van der Waals surface area contributed by atoms with E-state index in [0.717, 1.165) is 17.9 Å². The van der Waals surface area contributed by atoms with E-state index in [4.69, 9.17) is 33.3 Å². The highest BCUT2D eigenvalue weighted by molar-refractivity contribution is 7.98. The van der Waals surface area contributed by atoms with E-state index in [0.29, 0.717) is 38.7 Å². The summed E-state index contributed by atoms with van der Waals surface area (Å²) in [5.74, 6) is 1.45. The molecule has 34 heavy (non-hydrogen) atoms. The average molecular weight is 513 g/mol. The van der Waals surface area contributed by atoms with Gasteiger partial charge in [0, 0.05) is 39.1 Å². The maximum atomic E-state index is 13.4. The molecule has 0 saturated heterocycles. The number of Topliss-reactive ketones (excluding diaryl/α,β-unsaturated/α-hetero) is 1. The molecule has 1 aliphatic carbocycles. The first-order valence-electron chi connectivity index (χ1n) is 11.3. The number of anilines is 1. The second-order valence-corrected chi connectivity index (χ2v) is 11.6. The summed E-state index contributed by atoms with van der Waals surface area (Å²) in [6.07, 6.45) is 1.20. The van der Waals surface area contributed by atoms with Gasteiger partial charge in [-0.15, -0.1) is 5.10 Å². The highest BCUT2D eigenvalue weighted by atomic mass is 35.5. The molecule has 0 bridgehead atoms. The van der Waals surface area contributed by atoms with Crippen LogP contribution in [-0.4, -0.2) is 20.5 Å². The molecule has 2 aliphatic rings. The number of carbonyl (C=O) groups excluding carboxylic acids is 1. The third-order valence-corrected chi connectivity index (χ3v) is 7.99. The van der Waals surface area contributed by atoms with Crippen molar-refractivity contribution in [2.24, 2.45) is 5.41 Å². The van der Waals surface area contributed by atoms with Crippen LogP contribution in [0.25, 0.3) is 0 Å². The zero-order valence-electron chi connectivity index (χ0n) is 19.6. The molecular weight excluding hydrogens is 487 g/mol. The fraction of sp³-hybridized carbons (Fsp3) is 0.346. The van der Waals surface area contributed by atoms with E-state index in [1.807, 2.05) is 6.07 Å². The summed E-state index contributed by atoms with van der Waals surface area (Å²) in [5.41, 5.74) is 5.85. The molecule has 0 fully saturated rings. The van der Waals surface area contributed by atoms with Gasteiger partial charge in [0.05, 0.1) is 0 Å². The van der Waals surface area contributed by atoms with Crippen LogP contribution in [0.3, 0.4) is 0 Å². The fourth-order valence-electron chi connectivity index (χ4n) is 4.84. The lowest BCUT2D eigenvalue weighted by molar-refractivity contribution is -0.118. The number of allylic oxidation sites excluding steroid dienone is 2. The summed E-state index contributed by atoms with van der Waals surface area (Å²) < 4.78 is 1.77. The molecule has 1 aliphatic heterocycles. The summed E-state index contributed by atoms with van der Waals surface area (Å²) in [4.78, 5) is 18.2. The van der Waals surface area contributed by atoms with Crippen molar-refractivity contribution in [2.45, 2.75) is 57.5 Å². The Hall–Kier alpha value is -2.28. The van der Waals surface area contributed by atoms with Crippen molar-refractivity contribution in [1.82, 2.24) is 14.8 Å². The predicted molar refractivity (Wildman–Crippen MR) is 139 cm³/mol. The molecule has 0 radical (unpaired) electrons. The quantitative estimate of drug-likeness (QED) is 0.376. The van der Waals surface area contributed by atoms with E-state index in [1.165, 1.54) is 16.7 Å². The number of ketones is 1. The van der Waals surface area contributed by atoms with Crippen molar-refractivity contribution in [3.63, 3.8) is 0 Å². The van der Waals surface area contributed by atoms with Gasteiger partial charge in [0.25, 0.3) is 0 Å². The Morgan fingerprint density at radius 2 is 1.88 bits per heavy atom. The van der Waals surface area contributed by atoms with Crippen molar-refractivity contribution in [3.05, 3.63) is 80.0 Å². The molecule has 0 spiro atoms. The minimum atomic E-state index is -0.515. The molecule has 5 nitrogen and oxygen atoms in total. The number of rotatable bonds is 4. The topological polar surface area (TPSA) is 59.8 Å². The number of thioether (sulfide) groups is 1. The fourth-order valence-corrected chi connectivity index (χ4v) is 6.35. The molecule has 0 saturated carbocycles. The monoisotopic (exact) mass is 512 g/mol. The van der Waals surface area contributed by atoms with E-state index in [-0.39, 0.29) is 11.2 Å². The Balaban J connectivity index is 1.56.